The number of nitrogens with two attached hydrogens (primary N) is 1. The first-order valence-corrected chi connectivity index (χ1v) is 10.3. The average Bonchev–Trinajstić information content (AvgIpc) is 2.52. The Bertz CT molecular complexity index is 1080. The number of benzene rings is 1. The Kier molecular flexibility index (Phi) is 4.54. The predicted octanol–water partition coefficient (Wildman–Crippen LogP) is 3.41. The van der Waals surface area contributed by atoms with Gasteiger partial charge in [-0.25, -0.2) is 22.8 Å². The van der Waals surface area contributed by atoms with Crippen LogP contribution in [0.25, 0.3) is 22.2 Å². The van der Waals surface area contributed by atoms with E-state index in [-0.39, 0.29) is 10.8 Å². The van der Waals surface area contributed by atoms with E-state index in [0.29, 0.717) is 27.9 Å². The highest BCUT2D eigenvalue weighted by atomic mass is 127. The highest BCUT2D eigenvalue weighted by molar-refractivity contribution is 14.1. The van der Waals surface area contributed by atoms with Gasteiger partial charge in [0.15, 0.2) is 14.9 Å². The molecule has 0 unspecified atom stereocenters. The standard InChI is InChI=1S/C17H15FIN3O2S/c1-17(19,20)16-12(9-10-8-11(18)6-7-13(10)22-16)14-4-3-5-15(21-14)25(2,23)24/h3-9H,20H2,1-2H3/t17-/m1/s1. The first-order valence-electron chi connectivity index (χ1n) is 7.32. The Morgan fingerprint density at radius 1 is 1.16 bits per heavy atom. The van der Waals surface area contributed by atoms with E-state index in [4.69, 9.17) is 5.73 Å². The fourth-order valence-electron chi connectivity index (χ4n) is 2.49. The van der Waals surface area contributed by atoms with E-state index in [1.807, 2.05) is 0 Å². The van der Waals surface area contributed by atoms with Crippen LogP contribution in [0.2, 0.25) is 0 Å². The lowest BCUT2D eigenvalue weighted by Gasteiger charge is -2.20. The summed E-state index contributed by atoms with van der Waals surface area (Å²) in [4.78, 5) is 8.80. The van der Waals surface area contributed by atoms with Crippen molar-refractivity contribution in [1.82, 2.24) is 9.97 Å². The summed E-state index contributed by atoms with van der Waals surface area (Å²) >= 11 is 2.05. The van der Waals surface area contributed by atoms with Crippen LogP contribution in [0.15, 0.2) is 47.5 Å². The minimum absolute atomic E-state index is 0.0394. The van der Waals surface area contributed by atoms with Gasteiger partial charge in [-0.2, -0.15) is 0 Å². The van der Waals surface area contributed by atoms with Gasteiger partial charge >= 0.3 is 0 Å². The fourth-order valence-corrected chi connectivity index (χ4v) is 3.49. The van der Waals surface area contributed by atoms with Crippen molar-refractivity contribution in [2.24, 2.45) is 5.73 Å². The largest absolute Gasteiger partial charge is 0.312 e. The number of fused-ring (bicyclic) bond motifs is 1. The summed E-state index contributed by atoms with van der Waals surface area (Å²) in [6.07, 6.45) is 1.10. The van der Waals surface area contributed by atoms with E-state index in [1.54, 1.807) is 31.2 Å². The molecule has 8 heteroatoms. The van der Waals surface area contributed by atoms with Gasteiger partial charge in [0.05, 0.1) is 16.9 Å². The molecule has 130 valence electrons. The Morgan fingerprint density at radius 3 is 2.52 bits per heavy atom. The smallest absolute Gasteiger partial charge is 0.192 e. The van der Waals surface area contributed by atoms with Crippen molar-refractivity contribution >= 4 is 43.3 Å². The van der Waals surface area contributed by atoms with Crippen LogP contribution in [0.5, 0.6) is 0 Å². The molecule has 5 nitrogen and oxygen atoms in total. The average molecular weight is 471 g/mol. The summed E-state index contributed by atoms with van der Waals surface area (Å²) in [6, 6.07) is 10.7. The second-order valence-corrected chi connectivity index (χ2v) is 10.1. The molecule has 2 N–H and O–H groups in total. The third-order valence-electron chi connectivity index (χ3n) is 3.62. The van der Waals surface area contributed by atoms with Crippen LogP contribution in [0.1, 0.15) is 12.6 Å². The molecule has 0 spiro atoms. The van der Waals surface area contributed by atoms with Gasteiger partial charge in [-0.15, -0.1) is 0 Å². The lowest BCUT2D eigenvalue weighted by atomic mass is 10.0. The van der Waals surface area contributed by atoms with Gasteiger partial charge in [-0.05, 0) is 43.3 Å². The molecule has 0 amide bonds. The molecular weight excluding hydrogens is 456 g/mol. The summed E-state index contributed by atoms with van der Waals surface area (Å²) in [5.74, 6) is -0.379. The topological polar surface area (TPSA) is 85.9 Å². The molecule has 2 heterocycles. The van der Waals surface area contributed by atoms with Gasteiger partial charge in [0.2, 0.25) is 0 Å². The molecule has 25 heavy (non-hydrogen) atoms. The fraction of sp³-hybridized carbons (Fsp3) is 0.176. The Hall–Kier alpha value is -1.65. The molecule has 0 saturated carbocycles. The molecule has 0 aliphatic carbocycles. The van der Waals surface area contributed by atoms with Crippen molar-refractivity contribution < 1.29 is 12.8 Å². The number of hydrogen-bond acceptors (Lipinski definition) is 5. The van der Waals surface area contributed by atoms with E-state index in [9.17, 15) is 12.8 Å². The molecule has 1 aromatic carbocycles. The molecular formula is C17H15FIN3O2S. The molecule has 0 bridgehead atoms. The molecule has 2 aromatic heterocycles. The van der Waals surface area contributed by atoms with E-state index >= 15 is 0 Å². The second-order valence-electron chi connectivity index (χ2n) is 5.93. The number of pyridine rings is 2. The number of halogens is 2. The minimum atomic E-state index is -3.46. The molecule has 0 radical (unpaired) electrons. The highest BCUT2D eigenvalue weighted by Gasteiger charge is 2.25. The summed E-state index contributed by atoms with van der Waals surface area (Å²) in [7, 11) is -3.46. The third kappa shape index (κ3) is 3.80. The van der Waals surface area contributed by atoms with Gasteiger partial charge in [0, 0.05) is 17.2 Å². The summed E-state index contributed by atoms with van der Waals surface area (Å²) < 4.78 is 36.4. The van der Waals surface area contributed by atoms with E-state index in [0.717, 1.165) is 6.26 Å². The van der Waals surface area contributed by atoms with Crippen LogP contribution in [-0.2, 0) is 13.4 Å². The second kappa shape index (κ2) is 6.26. The molecule has 0 aliphatic rings. The number of rotatable bonds is 3. The maximum absolute atomic E-state index is 13.6. The lowest BCUT2D eigenvalue weighted by molar-refractivity contribution is 0.598. The zero-order chi connectivity index (χ0) is 18.4. The van der Waals surface area contributed by atoms with E-state index < -0.39 is 13.4 Å². The van der Waals surface area contributed by atoms with Crippen LogP contribution >= 0.6 is 22.6 Å². The van der Waals surface area contributed by atoms with Crippen molar-refractivity contribution in [3.8, 4) is 11.3 Å². The monoisotopic (exact) mass is 471 g/mol. The predicted molar refractivity (Wildman–Crippen MR) is 104 cm³/mol. The van der Waals surface area contributed by atoms with Crippen LogP contribution in [-0.4, -0.2) is 24.6 Å². The maximum Gasteiger partial charge on any atom is 0.192 e. The van der Waals surface area contributed by atoms with Crippen LogP contribution in [0.3, 0.4) is 0 Å². The first-order chi connectivity index (χ1) is 11.6. The van der Waals surface area contributed by atoms with Crippen LogP contribution in [0, 0.1) is 5.82 Å². The number of nitrogens with zero attached hydrogens (tertiary/aromatic N) is 2. The maximum atomic E-state index is 13.6. The zero-order valence-electron chi connectivity index (χ0n) is 13.5. The Balaban J connectivity index is 2.34. The van der Waals surface area contributed by atoms with E-state index in [2.05, 4.69) is 32.6 Å². The molecule has 3 aromatic rings. The van der Waals surface area contributed by atoms with Gasteiger partial charge in [0.1, 0.15) is 9.36 Å². The lowest BCUT2D eigenvalue weighted by Crippen LogP contribution is -2.27. The number of sulfone groups is 1. The third-order valence-corrected chi connectivity index (χ3v) is 5.12. The normalized spacial score (nSPS) is 14.4. The Morgan fingerprint density at radius 2 is 1.88 bits per heavy atom. The number of aromatic nitrogens is 2. The van der Waals surface area contributed by atoms with Crippen LogP contribution in [0.4, 0.5) is 4.39 Å². The van der Waals surface area contributed by atoms with Crippen molar-refractivity contribution in [2.75, 3.05) is 6.26 Å². The van der Waals surface area contributed by atoms with Crippen molar-refractivity contribution in [3.63, 3.8) is 0 Å². The van der Waals surface area contributed by atoms with Gasteiger partial charge < -0.3 is 5.73 Å². The number of alkyl halides is 1. The Labute approximate surface area is 158 Å². The molecule has 0 fully saturated rings. The van der Waals surface area contributed by atoms with Gasteiger partial charge in [-0.3, -0.25) is 0 Å². The summed E-state index contributed by atoms with van der Waals surface area (Å²) in [5.41, 5.74) is 8.39. The SMILES string of the molecule is C[C@](N)(I)c1nc2ccc(F)cc2cc1-c1cccc(S(C)(=O)=O)n1. The molecule has 1 atom stereocenters. The number of hydrogen-bond donors (Lipinski definition) is 1. The molecule has 0 aliphatic heterocycles. The van der Waals surface area contributed by atoms with Gasteiger partial charge in [0.25, 0.3) is 0 Å². The highest BCUT2D eigenvalue weighted by Crippen LogP contribution is 2.35. The first kappa shape index (κ1) is 18.2. The van der Waals surface area contributed by atoms with Crippen molar-refractivity contribution in [2.45, 2.75) is 15.5 Å². The van der Waals surface area contributed by atoms with Crippen LogP contribution < -0.4 is 5.73 Å². The molecule has 0 saturated heterocycles. The van der Waals surface area contributed by atoms with Crippen molar-refractivity contribution in [1.29, 1.82) is 0 Å². The van der Waals surface area contributed by atoms with E-state index in [1.165, 1.54) is 18.2 Å². The molecule has 3 rings (SSSR count). The quantitative estimate of drug-likeness (QED) is 0.360. The summed E-state index contributed by atoms with van der Waals surface area (Å²) in [6.45, 7) is 1.79. The summed E-state index contributed by atoms with van der Waals surface area (Å²) in [5, 5.41) is 0.549. The van der Waals surface area contributed by atoms with Gasteiger partial charge in [-0.1, -0.05) is 28.7 Å². The minimum Gasteiger partial charge on any atom is -0.312 e. The zero-order valence-corrected chi connectivity index (χ0v) is 16.5. The van der Waals surface area contributed by atoms with Crippen molar-refractivity contribution in [3.05, 3.63) is 54.0 Å².